The van der Waals surface area contributed by atoms with Crippen molar-refractivity contribution in [3.05, 3.63) is 157 Å². The topological polar surface area (TPSA) is 34.1 Å². The number of thiophene rings is 2. The highest BCUT2D eigenvalue weighted by atomic mass is 32.2. The Morgan fingerprint density at radius 3 is 1.73 bits per heavy atom. The summed E-state index contributed by atoms with van der Waals surface area (Å²) < 4.78 is 29.4. The smallest absolute Gasteiger partial charge is 0.207 e. The minimum absolute atomic E-state index is 0.385. The molecule has 0 saturated carbocycles. The van der Waals surface area contributed by atoms with E-state index in [0.29, 0.717) is 9.79 Å². The van der Waals surface area contributed by atoms with Gasteiger partial charge in [-0.2, -0.15) is 0 Å². The third-order valence-electron chi connectivity index (χ3n) is 10.5. The summed E-state index contributed by atoms with van der Waals surface area (Å²) in [5, 5.41) is 12.1. The standard InChI is InChI=1S/C46H26O2S3/c47-51(48)43-18-6-5-15-34(43)38-23-29(19-20-44(38)51)42-26-41-37(33-17-8-12-28-10-2-4-14-31(28)33)25-39-40(46(41)50-42)24-36(35-21-22-49-45(35)39)32-16-7-11-27-9-1-3-13-30(27)32/h1-26H. The molecule has 2 nitrogen and oxygen atoms in total. The van der Waals surface area contributed by atoms with Gasteiger partial charge in [-0.1, -0.05) is 109 Å². The van der Waals surface area contributed by atoms with Crippen LogP contribution in [0.25, 0.3) is 96.3 Å². The van der Waals surface area contributed by atoms with Crippen LogP contribution < -0.4 is 0 Å². The van der Waals surface area contributed by atoms with E-state index in [2.05, 4.69) is 121 Å². The Labute approximate surface area is 302 Å². The van der Waals surface area contributed by atoms with Crippen molar-refractivity contribution >= 4 is 85.0 Å². The van der Waals surface area contributed by atoms with Gasteiger partial charge < -0.3 is 0 Å². The lowest BCUT2D eigenvalue weighted by atomic mass is 9.90. The van der Waals surface area contributed by atoms with Gasteiger partial charge in [0.15, 0.2) is 0 Å². The SMILES string of the molecule is O=S1(=O)c2ccccc2-c2cc(-c3cc4c(-c5cccc6ccccc56)cc5c(cc(-c6cccc7ccccc67)c6ccsc65)c4s3)ccc21. The Balaban J connectivity index is 1.24. The maximum atomic E-state index is 13.4. The van der Waals surface area contributed by atoms with Gasteiger partial charge in [-0.3, -0.25) is 0 Å². The summed E-state index contributed by atoms with van der Waals surface area (Å²) in [4.78, 5) is 1.88. The van der Waals surface area contributed by atoms with Gasteiger partial charge >= 0.3 is 0 Å². The van der Waals surface area contributed by atoms with Gasteiger partial charge in [0.05, 0.1) is 9.79 Å². The summed E-state index contributed by atoms with van der Waals surface area (Å²) in [7, 11) is -3.54. The van der Waals surface area contributed by atoms with Crippen molar-refractivity contribution in [2.75, 3.05) is 0 Å². The Hall–Kier alpha value is -5.59. The zero-order valence-electron chi connectivity index (χ0n) is 27.1. The zero-order valence-corrected chi connectivity index (χ0v) is 29.5. The van der Waals surface area contributed by atoms with E-state index in [0.717, 1.165) is 21.6 Å². The number of benzene rings is 8. The fourth-order valence-electron chi connectivity index (χ4n) is 8.17. The Morgan fingerprint density at radius 2 is 0.980 bits per heavy atom. The van der Waals surface area contributed by atoms with Crippen molar-refractivity contribution in [2.24, 2.45) is 0 Å². The monoisotopic (exact) mass is 706 g/mol. The van der Waals surface area contributed by atoms with Crippen LogP contribution in [0.1, 0.15) is 0 Å². The summed E-state index contributed by atoms with van der Waals surface area (Å²) in [6.07, 6.45) is 0. The number of rotatable bonds is 3. The number of fused-ring (bicyclic) bond motifs is 10. The van der Waals surface area contributed by atoms with E-state index in [9.17, 15) is 8.42 Å². The molecule has 0 radical (unpaired) electrons. The van der Waals surface area contributed by atoms with Gasteiger partial charge in [0.25, 0.3) is 0 Å². The van der Waals surface area contributed by atoms with E-state index in [-0.39, 0.29) is 0 Å². The summed E-state index contributed by atoms with van der Waals surface area (Å²) >= 11 is 3.60. The first-order valence-electron chi connectivity index (χ1n) is 16.9. The molecule has 10 aromatic rings. The van der Waals surface area contributed by atoms with Crippen LogP contribution in [0.3, 0.4) is 0 Å². The molecule has 0 spiro atoms. The van der Waals surface area contributed by atoms with E-state index in [1.54, 1.807) is 40.9 Å². The lowest BCUT2D eigenvalue weighted by Gasteiger charge is -2.14. The number of sulfone groups is 1. The Bertz CT molecular complexity index is 3210. The van der Waals surface area contributed by atoms with Crippen molar-refractivity contribution in [3.8, 4) is 43.8 Å². The third-order valence-corrected chi connectivity index (χ3v) is 14.5. The second-order valence-electron chi connectivity index (χ2n) is 13.2. The van der Waals surface area contributed by atoms with Crippen LogP contribution in [-0.2, 0) is 9.84 Å². The lowest BCUT2D eigenvalue weighted by Crippen LogP contribution is -1.95. The largest absolute Gasteiger partial charge is 0.218 e. The molecule has 240 valence electrons. The van der Waals surface area contributed by atoms with Crippen molar-refractivity contribution in [1.29, 1.82) is 0 Å². The Morgan fingerprint density at radius 1 is 0.392 bits per heavy atom. The number of hydrogen-bond donors (Lipinski definition) is 0. The van der Waals surface area contributed by atoms with Crippen molar-refractivity contribution < 1.29 is 8.42 Å². The molecule has 0 aliphatic carbocycles. The first kappa shape index (κ1) is 29.2. The van der Waals surface area contributed by atoms with Crippen LogP contribution >= 0.6 is 22.7 Å². The molecule has 0 N–H and O–H groups in total. The molecule has 0 atom stereocenters. The molecule has 2 aromatic heterocycles. The molecule has 1 aliphatic heterocycles. The fraction of sp³-hybridized carbons (Fsp3) is 0. The van der Waals surface area contributed by atoms with Crippen molar-refractivity contribution in [3.63, 3.8) is 0 Å². The molecule has 0 amide bonds. The summed E-state index contributed by atoms with van der Waals surface area (Å²) in [5.74, 6) is 0. The summed E-state index contributed by atoms with van der Waals surface area (Å²) in [6, 6.07) is 53.0. The van der Waals surface area contributed by atoms with Gasteiger partial charge in [0.1, 0.15) is 0 Å². The van der Waals surface area contributed by atoms with E-state index in [1.165, 1.54) is 74.7 Å². The van der Waals surface area contributed by atoms with Crippen LogP contribution in [0.2, 0.25) is 0 Å². The van der Waals surface area contributed by atoms with Crippen LogP contribution in [0, 0.1) is 0 Å². The first-order valence-corrected chi connectivity index (χ1v) is 20.1. The second-order valence-corrected chi connectivity index (χ2v) is 17.1. The maximum Gasteiger partial charge on any atom is 0.207 e. The molecule has 0 fully saturated rings. The van der Waals surface area contributed by atoms with Crippen LogP contribution in [0.4, 0.5) is 0 Å². The highest BCUT2D eigenvalue weighted by molar-refractivity contribution is 7.92. The minimum Gasteiger partial charge on any atom is -0.218 e. The molecule has 0 bridgehead atoms. The average Bonchev–Trinajstić information content (AvgIpc) is 3.90. The second kappa shape index (κ2) is 10.7. The fourth-order valence-corrected chi connectivity index (χ4v) is 12.0. The first-order chi connectivity index (χ1) is 25.0. The molecule has 51 heavy (non-hydrogen) atoms. The van der Waals surface area contributed by atoms with E-state index < -0.39 is 9.84 Å². The molecule has 3 heterocycles. The molecular formula is C46H26O2S3. The molecule has 8 aromatic carbocycles. The van der Waals surface area contributed by atoms with Crippen LogP contribution in [0.15, 0.2) is 167 Å². The predicted molar refractivity (Wildman–Crippen MR) is 217 cm³/mol. The van der Waals surface area contributed by atoms with E-state index >= 15 is 0 Å². The summed E-state index contributed by atoms with van der Waals surface area (Å²) in [6.45, 7) is 0. The van der Waals surface area contributed by atoms with Gasteiger partial charge in [-0.15, -0.1) is 22.7 Å². The average molecular weight is 707 g/mol. The third kappa shape index (κ3) is 4.17. The van der Waals surface area contributed by atoms with Gasteiger partial charge in [0.2, 0.25) is 9.84 Å². The normalized spacial score (nSPS) is 13.4. The van der Waals surface area contributed by atoms with E-state index in [4.69, 9.17) is 0 Å². The molecule has 5 heteroatoms. The van der Waals surface area contributed by atoms with Crippen molar-refractivity contribution in [2.45, 2.75) is 9.79 Å². The molecule has 0 unspecified atom stereocenters. The maximum absolute atomic E-state index is 13.4. The molecule has 11 rings (SSSR count). The zero-order chi connectivity index (χ0) is 33.8. The van der Waals surface area contributed by atoms with Gasteiger partial charge in [0, 0.05) is 46.9 Å². The van der Waals surface area contributed by atoms with Crippen LogP contribution in [0.5, 0.6) is 0 Å². The van der Waals surface area contributed by atoms with E-state index in [1.807, 2.05) is 18.2 Å². The quantitative estimate of drug-likeness (QED) is 0.183. The summed E-state index contributed by atoms with van der Waals surface area (Å²) in [5.41, 5.74) is 7.46. The molecule has 1 aliphatic rings. The predicted octanol–water partition coefficient (Wildman–Crippen LogP) is 13.4. The highest BCUT2D eigenvalue weighted by Gasteiger charge is 2.33. The number of hydrogen-bond acceptors (Lipinski definition) is 4. The van der Waals surface area contributed by atoms with Crippen LogP contribution in [-0.4, -0.2) is 8.42 Å². The van der Waals surface area contributed by atoms with Crippen molar-refractivity contribution in [1.82, 2.24) is 0 Å². The Kier molecular flexibility index (Phi) is 6.12. The van der Waals surface area contributed by atoms with Gasteiger partial charge in [-0.25, -0.2) is 8.42 Å². The highest BCUT2D eigenvalue weighted by Crippen LogP contribution is 2.50. The van der Waals surface area contributed by atoms with Gasteiger partial charge in [-0.05, 0) is 97.2 Å². The minimum atomic E-state index is -3.54. The molecule has 0 saturated heterocycles. The molecular weight excluding hydrogens is 681 g/mol. The lowest BCUT2D eigenvalue weighted by molar-refractivity contribution is 0.598.